The molecule has 6 heteroatoms. The second-order valence-corrected chi connectivity index (χ2v) is 5.33. The average molecular weight is 278 g/mol. The van der Waals surface area contributed by atoms with Gasteiger partial charge in [-0.3, -0.25) is 10.1 Å². The number of non-ortho nitro benzene ring substituents is 1. The molecule has 6 nitrogen and oxygen atoms in total. The van der Waals surface area contributed by atoms with Crippen LogP contribution in [0.2, 0.25) is 0 Å². The van der Waals surface area contributed by atoms with E-state index in [2.05, 4.69) is 22.5 Å². The van der Waals surface area contributed by atoms with Crippen molar-refractivity contribution in [3.05, 3.63) is 28.3 Å². The number of nitro benzene ring substituents is 1. The molecule has 1 saturated heterocycles. The second-order valence-electron chi connectivity index (χ2n) is 5.33. The van der Waals surface area contributed by atoms with Crippen LogP contribution in [0.25, 0.3) is 0 Å². The Bertz CT molecular complexity index is 472. The van der Waals surface area contributed by atoms with Crippen LogP contribution in [-0.2, 0) is 0 Å². The molecule has 1 fully saturated rings. The molecule has 0 bridgehead atoms. The minimum atomic E-state index is -0.364. The topological polar surface area (TPSA) is 70.4 Å². The predicted octanol–water partition coefficient (Wildman–Crippen LogP) is 2.53. The van der Waals surface area contributed by atoms with Crippen LogP contribution in [0.1, 0.15) is 19.8 Å². The van der Waals surface area contributed by atoms with Crippen LogP contribution >= 0.6 is 0 Å². The number of hydrogen-bond acceptors (Lipinski definition) is 5. The molecule has 0 aliphatic carbocycles. The van der Waals surface area contributed by atoms with Gasteiger partial charge in [-0.1, -0.05) is 0 Å². The number of benzene rings is 1. The summed E-state index contributed by atoms with van der Waals surface area (Å²) in [6.07, 6.45) is 2.54. The SMILES string of the molecule is CNc1cc(NC(C)CN2CCCC2)cc([N+](=O)[O-])c1. The lowest BCUT2D eigenvalue weighted by Crippen LogP contribution is -2.32. The maximum atomic E-state index is 10.9. The van der Waals surface area contributed by atoms with Gasteiger partial charge in [0.25, 0.3) is 5.69 Å². The van der Waals surface area contributed by atoms with Crippen molar-refractivity contribution in [3.63, 3.8) is 0 Å². The number of nitrogens with zero attached hydrogens (tertiary/aromatic N) is 2. The first-order chi connectivity index (χ1) is 9.58. The fourth-order valence-electron chi connectivity index (χ4n) is 2.63. The molecule has 1 atom stereocenters. The molecule has 1 aromatic rings. The lowest BCUT2D eigenvalue weighted by Gasteiger charge is -2.22. The normalized spacial score (nSPS) is 16.9. The van der Waals surface area contributed by atoms with Crippen LogP contribution in [-0.4, -0.2) is 42.5 Å². The second kappa shape index (κ2) is 6.56. The Hall–Kier alpha value is -1.82. The van der Waals surface area contributed by atoms with E-state index in [1.54, 1.807) is 13.1 Å². The minimum Gasteiger partial charge on any atom is -0.388 e. The van der Waals surface area contributed by atoms with Crippen molar-refractivity contribution < 1.29 is 4.92 Å². The zero-order valence-corrected chi connectivity index (χ0v) is 12.1. The third kappa shape index (κ3) is 3.84. The number of anilines is 2. The van der Waals surface area contributed by atoms with E-state index in [-0.39, 0.29) is 16.7 Å². The molecular formula is C14H22N4O2. The van der Waals surface area contributed by atoms with Gasteiger partial charge in [-0.15, -0.1) is 0 Å². The van der Waals surface area contributed by atoms with E-state index >= 15 is 0 Å². The van der Waals surface area contributed by atoms with E-state index in [0.29, 0.717) is 0 Å². The van der Waals surface area contributed by atoms with E-state index in [9.17, 15) is 10.1 Å². The molecule has 0 amide bonds. The fourth-order valence-corrected chi connectivity index (χ4v) is 2.63. The van der Waals surface area contributed by atoms with Gasteiger partial charge in [-0.25, -0.2) is 0 Å². The number of rotatable bonds is 6. The Kier molecular flexibility index (Phi) is 4.79. The van der Waals surface area contributed by atoms with Crippen molar-refractivity contribution in [3.8, 4) is 0 Å². The molecule has 110 valence electrons. The third-order valence-electron chi connectivity index (χ3n) is 3.56. The number of likely N-dealkylation sites (tertiary alicyclic amines) is 1. The lowest BCUT2D eigenvalue weighted by molar-refractivity contribution is -0.384. The van der Waals surface area contributed by atoms with E-state index in [1.165, 1.54) is 18.9 Å². The summed E-state index contributed by atoms with van der Waals surface area (Å²) in [4.78, 5) is 13.0. The zero-order chi connectivity index (χ0) is 14.5. The summed E-state index contributed by atoms with van der Waals surface area (Å²) in [6, 6.07) is 5.28. The molecule has 1 aliphatic heterocycles. The summed E-state index contributed by atoms with van der Waals surface area (Å²) in [6.45, 7) is 5.39. The smallest absolute Gasteiger partial charge is 0.273 e. The highest BCUT2D eigenvalue weighted by molar-refractivity contribution is 5.63. The largest absolute Gasteiger partial charge is 0.388 e. The summed E-state index contributed by atoms with van der Waals surface area (Å²) in [5.41, 5.74) is 1.64. The predicted molar refractivity (Wildman–Crippen MR) is 81.4 cm³/mol. The minimum absolute atomic E-state index is 0.104. The summed E-state index contributed by atoms with van der Waals surface area (Å²) in [5, 5.41) is 17.2. The molecule has 0 radical (unpaired) electrons. The monoisotopic (exact) mass is 278 g/mol. The van der Waals surface area contributed by atoms with Crippen molar-refractivity contribution in [1.82, 2.24) is 4.90 Å². The van der Waals surface area contributed by atoms with Gasteiger partial charge in [0, 0.05) is 43.1 Å². The van der Waals surface area contributed by atoms with E-state index in [4.69, 9.17) is 0 Å². The first kappa shape index (κ1) is 14.6. The highest BCUT2D eigenvalue weighted by Crippen LogP contribution is 2.24. The Labute approximate surface area is 119 Å². The van der Waals surface area contributed by atoms with Gasteiger partial charge in [-0.2, -0.15) is 0 Å². The van der Waals surface area contributed by atoms with Crippen LogP contribution in [0.5, 0.6) is 0 Å². The van der Waals surface area contributed by atoms with Gasteiger partial charge in [0.15, 0.2) is 0 Å². The fraction of sp³-hybridized carbons (Fsp3) is 0.571. The van der Waals surface area contributed by atoms with E-state index in [0.717, 1.165) is 31.0 Å². The van der Waals surface area contributed by atoms with Crippen LogP contribution in [0, 0.1) is 10.1 Å². The number of nitro groups is 1. The average Bonchev–Trinajstić information content (AvgIpc) is 2.90. The summed E-state index contributed by atoms with van der Waals surface area (Å²) >= 11 is 0. The molecule has 2 rings (SSSR count). The van der Waals surface area contributed by atoms with Crippen molar-refractivity contribution in [2.45, 2.75) is 25.8 Å². The number of hydrogen-bond donors (Lipinski definition) is 2. The molecule has 0 saturated carbocycles. The van der Waals surface area contributed by atoms with Crippen LogP contribution in [0.3, 0.4) is 0 Å². The van der Waals surface area contributed by atoms with Crippen molar-refractivity contribution in [1.29, 1.82) is 0 Å². The highest BCUT2D eigenvalue weighted by atomic mass is 16.6. The Balaban J connectivity index is 2.03. The first-order valence-corrected chi connectivity index (χ1v) is 7.04. The first-order valence-electron chi connectivity index (χ1n) is 7.04. The highest BCUT2D eigenvalue weighted by Gasteiger charge is 2.15. The zero-order valence-electron chi connectivity index (χ0n) is 12.1. The quantitative estimate of drug-likeness (QED) is 0.618. The van der Waals surface area contributed by atoms with Crippen LogP contribution in [0.15, 0.2) is 18.2 Å². The van der Waals surface area contributed by atoms with E-state index in [1.807, 2.05) is 6.07 Å². The van der Waals surface area contributed by atoms with E-state index < -0.39 is 0 Å². The van der Waals surface area contributed by atoms with Gasteiger partial charge in [0.2, 0.25) is 0 Å². The third-order valence-corrected chi connectivity index (χ3v) is 3.56. The maximum absolute atomic E-state index is 10.9. The molecule has 1 aliphatic rings. The van der Waals surface area contributed by atoms with Crippen molar-refractivity contribution >= 4 is 17.1 Å². The van der Waals surface area contributed by atoms with Gasteiger partial charge in [0.1, 0.15) is 0 Å². The molecule has 0 aromatic heterocycles. The summed E-state index contributed by atoms with van der Waals surface area (Å²) in [5.74, 6) is 0. The van der Waals surface area contributed by atoms with Gasteiger partial charge in [-0.05, 0) is 38.9 Å². The summed E-state index contributed by atoms with van der Waals surface area (Å²) < 4.78 is 0. The molecule has 1 aromatic carbocycles. The standard InChI is InChI=1S/C14H22N4O2/c1-11(10-17-5-3-4-6-17)16-13-7-12(15-2)8-14(9-13)18(19)20/h7-9,11,15-16H,3-6,10H2,1-2H3. The maximum Gasteiger partial charge on any atom is 0.273 e. The molecule has 1 unspecified atom stereocenters. The van der Waals surface area contributed by atoms with Crippen molar-refractivity contribution in [2.24, 2.45) is 0 Å². The Morgan fingerprint density at radius 3 is 2.55 bits per heavy atom. The molecule has 20 heavy (non-hydrogen) atoms. The van der Waals surface area contributed by atoms with Gasteiger partial charge >= 0.3 is 0 Å². The molecule has 1 heterocycles. The molecule has 0 spiro atoms. The van der Waals surface area contributed by atoms with Crippen LogP contribution < -0.4 is 10.6 Å². The van der Waals surface area contributed by atoms with Gasteiger partial charge in [0.05, 0.1) is 4.92 Å². The Morgan fingerprint density at radius 1 is 1.30 bits per heavy atom. The Morgan fingerprint density at radius 2 is 1.95 bits per heavy atom. The lowest BCUT2D eigenvalue weighted by atomic mass is 10.2. The summed E-state index contributed by atoms with van der Waals surface area (Å²) in [7, 11) is 1.76. The number of nitrogens with one attached hydrogen (secondary N) is 2. The molecular weight excluding hydrogens is 256 g/mol. The van der Waals surface area contributed by atoms with Crippen molar-refractivity contribution in [2.75, 3.05) is 37.3 Å². The molecule has 2 N–H and O–H groups in total. The van der Waals surface area contributed by atoms with Gasteiger partial charge < -0.3 is 15.5 Å². The van der Waals surface area contributed by atoms with Crippen LogP contribution in [0.4, 0.5) is 17.1 Å².